The molecule has 1 aromatic carbocycles. The lowest BCUT2D eigenvalue weighted by Gasteiger charge is -2.31. The monoisotopic (exact) mass is 588 g/mol. The van der Waals surface area contributed by atoms with Gasteiger partial charge in [-0.2, -0.15) is 18.2 Å². The van der Waals surface area contributed by atoms with Crippen molar-refractivity contribution in [1.82, 2.24) is 19.9 Å². The molecule has 4 aromatic rings. The molecule has 0 amide bonds. The Bertz CT molecular complexity index is 1550. The van der Waals surface area contributed by atoms with Crippen molar-refractivity contribution >= 4 is 33.3 Å². The van der Waals surface area contributed by atoms with E-state index < -0.39 is 29.6 Å². The topological polar surface area (TPSA) is 136 Å². The number of benzene rings is 1. The average molecular weight is 589 g/mol. The summed E-state index contributed by atoms with van der Waals surface area (Å²) in [6.45, 7) is 5.31. The van der Waals surface area contributed by atoms with Gasteiger partial charge in [-0.05, 0) is 69.7 Å². The second-order valence-electron chi connectivity index (χ2n) is 10.4. The number of anilines is 2. The highest BCUT2D eigenvalue weighted by Gasteiger charge is 2.47. The lowest BCUT2D eigenvalue weighted by molar-refractivity contribution is -0.137. The Labute approximate surface area is 238 Å². The van der Waals surface area contributed by atoms with Crippen molar-refractivity contribution in [2.75, 3.05) is 17.2 Å². The van der Waals surface area contributed by atoms with E-state index in [2.05, 4.69) is 25.6 Å². The number of rotatable bonds is 8. The lowest BCUT2D eigenvalue weighted by atomic mass is 10.00. The number of thiazole rings is 1. The van der Waals surface area contributed by atoms with Gasteiger partial charge in [0.1, 0.15) is 22.4 Å². The molecule has 0 saturated heterocycles. The zero-order valence-electron chi connectivity index (χ0n) is 22.7. The second-order valence-corrected chi connectivity index (χ2v) is 11.4. The standard InChI is InChI=1S/C28H31F3N6O3S/c1-14(17-4-6-19(7-5-17)28(29,30)31)33-26-34-15(2)21(25-35-22-16(3)32-12-9-20(22)41-25)24(36-26)37-27(40)11-8-18(10-13-38)23(27)39/h4-7,9,12,14,18,23,38-40H,8,10-11,13H2,1-3H3,(H2,33,34,36,37)/t14-,18?,23-,27-/m1/s1. The number of nitrogens with one attached hydrogen (secondary N) is 2. The molecule has 218 valence electrons. The van der Waals surface area contributed by atoms with Crippen molar-refractivity contribution in [2.45, 2.75) is 64.1 Å². The number of alkyl halides is 3. The molecule has 1 unspecified atom stereocenters. The summed E-state index contributed by atoms with van der Waals surface area (Å²) in [6, 6.07) is 6.27. The molecule has 1 aliphatic carbocycles. The zero-order valence-corrected chi connectivity index (χ0v) is 23.5. The fourth-order valence-electron chi connectivity index (χ4n) is 5.22. The third kappa shape index (κ3) is 5.85. The number of aliphatic hydroxyl groups is 3. The molecule has 1 aliphatic rings. The number of halogens is 3. The van der Waals surface area contributed by atoms with Crippen molar-refractivity contribution in [1.29, 1.82) is 0 Å². The number of aliphatic hydroxyl groups excluding tert-OH is 2. The second kappa shape index (κ2) is 11.1. The molecular weight excluding hydrogens is 557 g/mol. The fourth-order valence-corrected chi connectivity index (χ4v) is 6.33. The van der Waals surface area contributed by atoms with Crippen LogP contribution in [0.1, 0.15) is 54.7 Å². The van der Waals surface area contributed by atoms with Gasteiger partial charge in [-0.3, -0.25) is 4.98 Å². The number of hydrogen-bond acceptors (Lipinski definition) is 10. The lowest BCUT2D eigenvalue weighted by Crippen LogP contribution is -2.47. The Kier molecular flexibility index (Phi) is 7.90. The first-order chi connectivity index (χ1) is 19.4. The van der Waals surface area contributed by atoms with Gasteiger partial charge in [-0.15, -0.1) is 11.3 Å². The number of fused-ring (bicyclic) bond motifs is 1. The summed E-state index contributed by atoms with van der Waals surface area (Å²) in [5.41, 5.74) is 0.739. The molecule has 0 bridgehead atoms. The van der Waals surface area contributed by atoms with Gasteiger partial charge < -0.3 is 26.0 Å². The number of aromatic nitrogens is 4. The van der Waals surface area contributed by atoms with Gasteiger partial charge >= 0.3 is 6.18 Å². The van der Waals surface area contributed by atoms with E-state index in [1.807, 2.05) is 13.0 Å². The van der Waals surface area contributed by atoms with E-state index in [0.29, 0.717) is 34.7 Å². The smallest absolute Gasteiger partial charge is 0.396 e. The first-order valence-electron chi connectivity index (χ1n) is 13.2. The quantitative estimate of drug-likeness (QED) is 0.176. The van der Waals surface area contributed by atoms with Gasteiger partial charge in [0, 0.05) is 12.8 Å². The summed E-state index contributed by atoms with van der Waals surface area (Å²) in [5.74, 6) is 0.135. The third-order valence-corrected chi connectivity index (χ3v) is 8.58. The van der Waals surface area contributed by atoms with Crippen LogP contribution in [0.3, 0.4) is 0 Å². The summed E-state index contributed by atoms with van der Waals surface area (Å²) in [7, 11) is 0. The van der Waals surface area contributed by atoms with Crippen LogP contribution in [0, 0.1) is 19.8 Å². The van der Waals surface area contributed by atoms with Crippen LogP contribution < -0.4 is 10.6 Å². The number of aryl methyl sites for hydroxylation is 2. The van der Waals surface area contributed by atoms with Gasteiger partial charge in [0.05, 0.1) is 33.3 Å². The molecule has 0 aliphatic heterocycles. The van der Waals surface area contributed by atoms with E-state index in [1.54, 1.807) is 20.0 Å². The summed E-state index contributed by atoms with van der Waals surface area (Å²) >= 11 is 1.42. The highest BCUT2D eigenvalue weighted by atomic mass is 32.1. The van der Waals surface area contributed by atoms with Crippen molar-refractivity contribution in [3.63, 3.8) is 0 Å². The molecule has 3 aromatic heterocycles. The zero-order chi connectivity index (χ0) is 29.5. The normalized spacial score (nSPS) is 21.8. The Morgan fingerprint density at radius 2 is 1.83 bits per heavy atom. The van der Waals surface area contributed by atoms with E-state index in [1.165, 1.54) is 23.5 Å². The summed E-state index contributed by atoms with van der Waals surface area (Å²) in [6.07, 6.45) is -2.79. The molecule has 1 saturated carbocycles. The number of nitrogens with zero attached hydrogens (tertiary/aromatic N) is 4. The van der Waals surface area contributed by atoms with E-state index in [4.69, 9.17) is 4.98 Å². The van der Waals surface area contributed by atoms with Crippen LogP contribution in [0.5, 0.6) is 0 Å². The first-order valence-corrected chi connectivity index (χ1v) is 14.1. The molecule has 5 N–H and O–H groups in total. The molecule has 1 fully saturated rings. The van der Waals surface area contributed by atoms with Gasteiger partial charge in [0.25, 0.3) is 0 Å². The molecule has 9 nitrogen and oxygen atoms in total. The predicted molar refractivity (Wildman–Crippen MR) is 150 cm³/mol. The fraction of sp³-hybridized carbons (Fsp3) is 0.429. The van der Waals surface area contributed by atoms with Gasteiger partial charge in [-0.25, -0.2) is 9.97 Å². The molecule has 41 heavy (non-hydrogen) atoms. The minimum Gasteiger partial charge on any atom is -0.396 e. The molecule has 4 atom stereocenters. The molecule has 13 heteroatoms. The van der Waals surface area contributed by atoms with Crippen LogP contribution >= 0.6 is 11.3 Å². The highest BCUT2D eigenvalue weighted by molar-refractivity contribution is 7.21. The SMILES string of the molecule is Cc1nc(N[C@H](C)c2ccc(C(F)(F)F)cc2)nc(N[C@@]2(O)CCC(CCO)[C@H]2O)c1-c1nc2c(C)nccc2s1. The number of hydrogen-bond donors (Lipinski definition) is 5. The van der Waals surface area contributed by atoms with Crippen LogP contribution in [0.25, 0.3) is 20.8 Å². The summed E-state index contributed by atoms with van der Waals surface area (Å²) in [4.78, 5) is 18.4. The van der Waals surface area contributed by atoms with E-state index in [9.17, 15) is 28.5 Å². The molecular formula is C28H31F3N6O3S. The minimum absolute atomic E-state index is 0.106. The third-order valence-electron chi connectivity index (χ3n) is 7.54. The molecule has 5 rings (SSSR count). The van der Waals surface area contributed by atoms with Gasteiger partial charge in [0.2, 0.25) is 5.95 Å². The maximum absolute atomic E-state index is 13.0. The van der Waals surface area contributed by atoms with Crippen molar-refractivity contribution < 1.29 is 28.5 Å². The van der Waals surface area contributed by atoms with Crippen LogP contribution in [-0.2, 0) is 6.18 Å². The van der Waals surface area contributed by atoms with Crippen LogP contribution in [-0.4, -0.2) is 53.7 Å². The molecule has 0 spiro atoms. The average Bonchev–Trinajstić information content (AvgIpc) is 3.46. The summed E-state index contributed by atoms with van der Waals surface area (Å²) < 4.78 is 40.0. The first kappa shape index (κ1) is 29.1. The maximum Gasteiger partial charge on any atom is 0.416 e. The van der Waals surface area contributed by atoms with Crippen LogP contribution in [0.15, 0.2) is 36.5 Å². The Morgan fingerprint density at radius 3 is 2.49 bits per heavy atom. The van der Waals surface area contributed by atoms with E-state index in [-0.39, 0.29) is 30.7 Å². The Morgan fingerprint density at radius 1 is 1.10 bits per heavy atom. The van der Waals surface area contributed by atoms with E-state index in [0.717, 1.165) is 28.0 Å². The van der Waals surface area contributed by atoms with Crippen LogP contribution in [0.2, 0.25) is 0 Å². The van der Waals surface area contributed by atoms with Gasteiger partial charge in [-0.1, -0.05) is 12.1 Å². The molecule has 0 radical (unpaired) electrons. The van der Waals surface area contributed by atoms with E-state index >= 15 is 0 Å². The summed E-state index contributed by atoms with van der Waals surface area (Å²) in [5, 5.41) is 38.6. The van der Waals surface area contributed by atoms with Crippen molar-refractivity contribution in [3.05, 3.63) is 59.0 Å². The van der Waals surface area contributed by atoms with Crippen molar-refractivity contribution in [2.24, 2.45) is 5.92 Å². The Balaban J connectivity index is 1.52. The maximum atomic E-state index is 13.0. The largest absolute Gasteiger partial charge is 0.416 e. The minimum atomic E-state index is -4.43. The number of pyridine rings is 1. The van der Waals surface area contributed by atoms with Gasteiger partial charge in [0.15, 0.2) is 5.72 Å². The van der Waals surface area contributed by atoms with Crippen molar-refractivity contribution in [3.8, 4) is 10.6 Å². The van der Waals surface area contributed by atoms with Crippen LogP contribution in [0.4, 0.5) is 24.9 Å². The molecule has 3 heterocycles. The predicted octanol–water partition coefficient (Wildman–Crippen LogP) is 5.21. The Hall–Kier alpha value is -3.39. The highest BCUT2D eigenvalue weighted by Crippen LogP contribution is 2.42.